The first-order valence-corrected chi connectivity index (χ1v) is 24.7. The van der Waals surface area contributed by atoms with E-state index in [9.17, 15) is 28.4 Å². The van der Waals surface area contributed by atoms with Gasteiger partial charge < -0.3 is 19.5 Å². The highest BCUT2D eigenvalue weighted by atomic mass is 32.2. The summed E-state index contributed by atoms with van der Waals surface area (Å²) in [4.78, 5) is 47.3. The summed E-state index contributed by atoms with van der Waals surface area (Å²) in [7, 11) is -5.18. The summed E-state index contributed by atoms with van der Waals surface area (Å²) in [6.07, 6.45) is 9.49. The molecule has 0 bridgehead atoms. The summed E-state index contributed by atoms with van der Waals surface area (Å²) in [5, 5.41) is 16.6. The number of nitrogens with one attached hydrogen (secondary N) is 2. The summed E-state index contributed by atoms with van der Waals surface area (Å²) in [6, 6.07) is 21.7. The second kappa shape index (κ2) is 17.9. The molecule has 1 aliphatic carbocycles. The van der Waals surface area contributed by atoms with Crippen LogP contribution in [0, 0.1) is 23.2 Å². The number of benzene rings is 2. The molecule has 2 amide bonds. The number of esters is 1. The predicted molar refractivity (Wildman–Crippen MR) is 230 cm³/mol. The molecule has 1 spiro atoms. The first-order chi connectivity index (χ1) is 29.0. The van der Waals surface area contributed by atoms with E-state index in [1.54, 1.807) is 49.6 Å². The molecule has 4 aliphatic rings. The van der Waals surface area contributed by atoms with E-state index >= 15 is 0 Å². The number of carbonyl (C=O) groups excluding carboxylic acids is 3. The van der Waals surface area contributed by atoms with Gasteiger partial charge in [0, 0.05) is 42.1 Å². The van der Waals surface area contributed by atoms with Crippen molar-refractivity contribution in [2.45, 2.75) is 100 Å². The zero-order valence-corrected chi connectivity index (χ0v) is 36.4. The monoisotopic (exact) mass is 870 g/mol. The van der Waals surface area contributed by atoms with Gasteiger partial charge in [-0.25, -0.2) is 13.6 Å². The van der Waals surface area contributed by atoms with Gasteiger partial charge in [-0.2, -0.15) is 5.26 Å². The first kappa shape index (κ1) is 42.2. The molecule has 3 saturated heterocycles. The van der Waals surface area contributed by atoms with Crippen LogP contribution in [0.4, 0.5) is 0 Å². The number of amides is 2. The minimum Gasteiger partial charge on any atom is -0.465 e. The molecule has 4 aromatic rings. The Hall–Kier alpha value is -4.45. The Morgan fingerprint density at radius 2 is 1.92 bits per heavy atom. The van der Waals surface area contributed by atoms with Gasteiger partial charge in [0.25, 0.3) is 5.91 Å². The molecule has 8 rings (SSSR count). The highest BCUT2D eigenvalue weighted by Crippen LogP contribution is 2.59. The van der Waals surface area contributed by atoms with Crippen LogP contribution in [0.25, 0.3) is 10.1 Å². The van der Waals surface area contributed by atoms with E-state index < -0.39 is 47.3 Å². The number of aromatic nitrogens is 1. The van der Waals surface area contributed by atoms with E-state index in [0.717, 1.165) is 47.8 Å². The summed E-state index contributed by atoms with van der Waals surface area (Å²) >= 11 is 1.33. The van der Waals surface area contributed by atoms with E-state index in [-0.39, 0.29) is 49.0 Å². The topological polar surface area (TPSA) is 171 Å². The van der Waals surface area contributed by atoms with E-state index in [4.69, 9.17) is 9.26 Å². The number of fused-ring (bicyclic) bond motifs is 2. The van der Waals surface area contributed by atoms with Crippen molar-refractivity contribution in [3.8, 4) is 11.8 Å². The molecule has 316 valence electrons. The number of ether oxygens (including phenoxy) is 1. The van der Waals surface area contributed by atoms with Crippen molar-refractivity contribution in [1.82, 2.24) is 24.6 Å². The molecule has 0 radical (unpaired) electrons. The lowest BCUT2D eigenvalue weighted by Crippen LogP contribution is -2.51. The van der Waals surface area contributed by atoms with Crippen molar-refractivity contribution >= 4 is 57.7 Å². The quantitative estimate of drug-likeness (QED) is 0.0914. The van der Waals surface area contributed by atoms with E-state index in [0.29, 0.717) is 42.0 Å². The van der Waals surface area contributed by atoms with Gasteiger partial charge in [0.15, 0.2) is 0 Å². The van der Waals surface area contributed by atoms with Gasteiger partial charge in [0.1, 0.15) is 28.2 Å². The van der Waals surface area contributed by atoms with Crippen LogP contribution in [0.1, 0.15) is 91.9 Å². The van der Waals surface area contributed by atoms with Crippen LogP contribution in [0.5, 0.6) is 5.75 Å². The number of thiophene rings is 1. The summed E-state index contributed by atoms with van der Waals surface area (Å²) in [5.41, 5.74) is 1.23. The average Bonchev–Trinajstić information content (AvgIpc) is 3.62. The molecule has 2 N–H and O–H groups in total. The average molecular weight is 871 g/mol. The Balaban J connectivity index is 0.931. The first-order valence-electron chi connectivity index (χ1n) is 20.9. The van der Waals surface area contributed by atoms with Crippen LogP contribution in [0.2, 0.25) is 0 Å². The number of nitriles is 1. The lowest BCUT2D eigenvalue weighted by atomic mass is 9.86. The third-order valence-corrected chi connectivity index (χ3v) is 17.4. The Kier molecular flexibility index (Phi) is 12.6. The van der Waals surface area contributed by atoms with Crippen molar-refractivity contribution in [3.63, 3.8) is 0 Å². The zero-order valence-electron chi connectivity index (χ0n) is 33.9. The van der Waals surface area contributed by atoms with Gasteiger partial charge in [-0.1, -0.05) is 43.7 Å². The highest BCUT2D eigenvalue weighted by molar-refractivity contribution is 7.83. The largest absolute Gasteiger partial charge is 0.465 e. The van der Waals surface area contributed by atoms with Crippen LogP contribution in [0.15, 0.2) is 79.1 Å². The Morgan fingerprint density at radius 3 is 2.65 bits per heavy atom. The maximum Gasteiger partial charge on any atom is 0.323 e. The van der Waals surface area contributed by atoms with Crippen molar-refractivity contribution in [2.24, 2.45) is 11.8 Å². The molecule has 16 heteroatoms. The van der Waals surface area contributed by atoms with Crippen LogP contribution in [0.3, 0.4) is 0 Å². The molecule has 1 saturated carbocycles. The molecular formula is C44H51N6O7PS2. The van der Waals surface area contributed by atoms with Crippen molar-refractivity contribution in [1.29, 1.82) is 5.26 Å². The number of para-hydroxylation sites is 1. The van der Waals surface area contributed by atoms with E-state index in [2.05, 4.69) is 21.5 Å². The van der Waals surface area contributed by atoms with Crippen molar-refractivity contribution < 1.29 is 32.4 Å². The second-order valence-electron chi connectivity index (χ2n) is 16.4. The Morgan fingerprint density at radius 1 is 1.10 bits per heavy atom. The molecule has 3 unspecified atom stereocenters. The lowest BCUT2D eigenvalue weighted by Gasteiger charge is -2.34. The standard InChI is InChI=1S/C44H51N6O7PS2/c1-3-21-56-43(53)29(2)48-58(54,57-35-12-5-4-6-13-35)28-30-14-16-38-33(22-30)23-39(59-38)41(51)47-26-32-9-7-11-34-15-17-40(50(34)42(32)52)60(55)49-27-36(31-10-8-20-46-25-31)37(24-45)44(49)18-19-44/h4-6,8,10,12-14,16,20,22-23,25,29,32,34,36-37,40H,3,7,9,11,15,17-19,21,26-28H2,1-2H3,(H,47,51)(H,48,54)/t29-,32?,34-,36+,37+,40+,58?,60?/m0/s1. The van der Waals surface area contributed by atoms with Crippen LogP contribution in [-0.2, 0) is 36.0 Å². The molecular weight excluding hydrogens is 820 g/mol. The normalized spacial score (nSPS) is 25.4. The second-order valence-corrected chi connectivity index (χ2v) is 21.2. The molecule has 2 aromatic carbocycles. The minimum atomic E-state index is -3.68. The van der Waals surface area contributed by atoms with Gasteiger partial charge in [0.2, 0.25) is 5.91 Å². The number of rotatable bonds is 15. The SMILES string of the molecule is CCCOC(=O)[C@H](C)NP(=O)(Cc1ccc2sc(C(=O)NCC3CCC[C@H]4CC[C@@H](S(=O)N5C[C@H](c6cccnc6)[C@@H](C#N)C56CC6)N4C3=O)cc2c1)Oc1ccccc1. The van der Waals surface area contributed by atoms with Gasteiger partial charge in [0.05, 0.1) is 41.1 Å². The summed E-state index contributed by atoms with van der Waals surface area (Å²) in [5.74, 6) is -1.32. The van der Waals surface area contributed by atoms with Crippen molar-refractivity contribution in [2.75, 3.05) is 19.7 Å². The number of hydrogen-bond acceptors (Lipinski definition) is 10. The van der Waals surface area contributed by atoms with Gasteiger partial charge in [-0.3, -0.25) is 23.9 Å². The molecule has 4 fully saturated rings. The summed E-state index contributed by atoms with van der Waals surface area (Å²) in [6.45, 7) is 4.41. The fourth-order valence-corrected chi connectivity index (χ4v) is 14.3. The maximum absolute atomic E-state index is 14.6. The fourth-order valence-electron chi connectivity index (χ4n) is 9.24. The summed E-state index contributed by atoms with van der Waals surface area (Å²) < 4.78 is 43.1. The third-order valence-electron chi connectivity index (χ3n) is 12.3. The van der Waals surface area contributed by atoms with Crippen LogP contribution in [-0.4, -0.2) is 78.9 Å². The number of hydrogen-bond donors (Lipinski definition) is 2. The number of nitrogens with zero attached hydrogens (tertiary/aromatic N) is 4. The number of pyridine rings is 1. The zero-order chi connectivity index (χ0) is 42.0. The lowest BCUT2D eigenvalue weighted by molar-refractivity contribution is -0.145. The van der Waals surface area contributed by atoms with Gasteiger partial charge in [-0.15, -0.1) is 11.3 Å². The highest BCUT2D eigenvalue weighted by Gasteiger charge is 2.65. The van der Waals surface area contributed by atoms with Crippen LogP contribution >= 0.6 is 18.9 Å². The molecule has 5 heterocycles. The van der Waals surface area contributed by atoms with E-state index in [1.807, 2.05) is 52.5 Å². The molecule has 13 nitrogen and oxygen atoms in total. The predicted octanol–water partition coefficient (Wildman–Crippen LogP) is 7.28. The molecule has 8 atom stereocenters. The van der Waals surface area contributed by atoms with E-state index in [1.165, 1.54) is 11.3 Å². The third kappa shape index (κ3) is 8.68. The Labute approximate surface area is 357 Å². The minimum absolute atomic E-state index is 0.00396. The molecule has 3 aliphatic heterocycles. The molecule has 60 heavy (non-hydrogen) atoms. The number of carbonyl (C=O) groups is 3. The molecule has 2 aromatic heterocycles. The smallest absolute Gasteiger partial charge is 0.323 e. The Bertz CT molecular complexity index is 2340. The van der Waals surface area contributed by atoms with Gasteiger partial charge in [-0.05, 0) is 105 Å². The maximum atomic E-state index is 14.6. The fraction of sp³-hybridized carbons (Fsp3) is 0.477. The van der Waals surface area contributed by atoms with Crippen molar-refractivity contribution in [3.05, 3.63) is 95.1 Å². The van der Waals surface area contributed by atoms with Gasteiger partial charge >= 0.3 is 13.5 Å². The van der Waals surface area contributed by atoms with Crippen LogP contribution < -0.4 is 14.9 Å².